The van der Waals surface area contributed by atoms with E-state index in [2.05, 4.69) is 108 Å². The summed E-state index contributed by atoms with van der Waals surface area (Å²) < 4.78 is 6.65. The van der Waals surface area contributed by atoms with E-state index in [0.717, 1.165) is 33.1 Å². The maximum Gasteiger partial charge on any atom is 0.160 e. The van der Waals surface area contributed by atoms with Gasteiger partial charge in [0, 0.05) is 26.9 Å². The molecule has 0 fully saturated rings. The summed E-state index contributed by atoms with van der Waals surface area (Å²) in [5, 5.41) is 9.73. The Hall–Kier alpha value is -4.56. The average molecular weight is 434 g/mol. The third kappa shape index (κ3) is 2.29. The van der Waals surface area contributed by atoms with E-state index in [9.17, 15) is 0 Å². The number of furan rings is 1. The predicted octanol–water partition coefficient (Wildman–Crippen LogP) is 9.19. The molecule has 0 radical (unpaired) electrons. The Morgan fingerprint density at radius 2 is 1.18 bits per heavy atom. The van der Waals surface area contributed by atoms with Crippen LogP contribution in [0.5, 0.6) is 0 Å². The van der Waals surface area contributed by atoms with Gasteiger partial charge in [0.25, 0.3) is 0 Å². The summed E-state index contributed by atoms with van der Waals surface area (Å²) in [5.74, 6) is 0. The Balaban J connectivity index is 1.58. The van der Waals surface area contributed by atoms with Crippen LogP contribution in [0.3, 0.4) is 0 Å². The van der Waals surface area contributed by atoms with Crippen molar-refractivity contribution in [3.05, 3.63) is 109 Å². The largest absolute Gasteiger partial charge is 0.454 e. The normalized spacial score (nSPS) is 12.1. The first-order valence-corrected chi connectivity index (χ1v) is 11.6. The molecule has 8 aromatic rings. The van der Waals surface area contributed by atoms with Crippen molar-refractivity contribution in [2.45, 2.75) is 0 Å². The number of aromatic nitrogens is 1. The minimum atomic E-state index is 0.914. The second-order valence-electron chi connectivity index (χ2n) is 9.01. The standard InChI is InChI=1S/C32H19NO/c1-2-8-19(9-3-1)21-15-16-25-27(18-21)34-32-29(25)24-13-7-6-12-23(24)28-26-17-14-20-10-4-5-11-22(20)30(26)33-31(28)32/h1-18,33H. The zero-order chi connectivity index (χ0) is 22.2. The number of benzene rings is 6. The number of aromatic amines is 1. The molecule has 34 heavy (non-hydrogen) atoms. The highest BCUT2D eigenvalue weighted by Crippen LogP contribution is 2.44. The lowest BCUT2D eigenvalue weighted by atomic mass is 9.97. The highest BCUT2D eigenvalue weighted by atomic mass is 16.3. The summed E-state index contributed by atoms with van der Waals surface area (Å²) in [6, 6.07) is 38.8. The van der Waals surface area contributed by atoms with Gasteiger partial charge in [0.05, 0.1) is 11.0 Å². The van der Waals surface area contributed by atoms with Crippen LogP contribution in [0.1, 0.15) is 0 Å². The third-order valence-electron chi connectivity index (χ3n) is 7.19. The minimum Gasteiger partial charge on any atom is -0.454 e. The van der Waals surface area contributed by atoms with Crippen molar-refractivity contribution in [2.24, 2.45) is 0 Å². The molecule has 2 heteroatoms. The fourth-order valence-electron chi connectivity index (χ4n) is 5.66. The Kier molecular flexibility index (Phi) is 3.42. The van der Waals surface area contributed by atoms with Gasteiger partial charge in [-0.25, -0.2) is 0 Å². The van der Waals surface area contributed by atoms with Crippen LogP contribution in [0.2, 0.25) is 0 Å². The first kappa shape index (κ1) is 17.9. The lowest BCUT2D eigenvalue weighted by molar-refractivity contribution is 0.672. The van der Waals surface area contributed by atoms with Crippen LogP contribution < -0.4 is 0 Å². The van der Waals surface area contributed by atoms with Crippen molar-refractivity contribution in [3.8, 4) is 11.1 Å². The SMILES string of the molecule is c1ccc(-c2ccc3c(c2)oc2c4[nH]c5c6ccccc6ccc5c4c4ccccc4c32)cc1. The van der Waals surface area contributed by atoms with Gasteiger partial charge < -0.3 is 9.40 Å². The van der Waals surface area contributed by atoms with Crippen LogP contribution in [0.25, 0.3) is 76.4 Å². The molecule has 0 atom stereocenters. The summed E-state index contributed by atoms with van der Waals surface area (Å²) in [5.41, 5.74) is 6.42. The molecule has 2 aromatic heterocycles. The molecule has 0 spiro atoms. The van der Waals surface area contributed by atoms with Gasteiger partial charge in [-0.05, 0) is 39.4 Å². The first-order chi connectivity index (χ1) is 16.9. The fourth-order valence-corrected chi connectivity index (χ4v) is 5.66. The molecule has 0 aliphatic rings. The maximum absolute atomic E-state index is 6.65. The molecule has 8 rings (SSSR count). The van der Waals surface area contributed by atoms with Crippen LogP contribution in [0, 0.1) is 0 Å². The van der Waals surface area contributed by atoms with E-state index in [1.807, 2.05) is 6.07 Å². The van der Waals surface area contributed by atoms with E-state index >= 15 is 0 Å². The van der Waals surface area contributed by atoms with E-state index in [1.54, 1.807) is 0 Å². The average Bonchev–Trinajstić information content (AvgIpc) is 3.48. The molecule has 6 aromatic carbocycles. The monoisotopic (exact) mass is 433 g/mol. The molecular weight excluding hydrogens is 414 g/mol. The molecule has 1 N–H and O–H groups in total. The lowest BCUT2D eigenvalue weighted by Crippen LogP contribution is -1.79. The second kappa shape index (κ2) is 6.49. The number of rotatable bonds is 1. The topological polar surface area (TPSA) is 28.9 Å². The molecule has 0 amide bonds. The molecule has 0 saturated carbocycles. The lowest BCUT2D eigenvalue weighted by Gasteiger charge is -2.04. The van der Waals surface area contributed by atoms with Gasteiger partial charge in [0.2, 0.25) is 0 Å². The fraction of sp³-hybridized carbons (Fsp3) is 0. The van der Waals surface area contributed by atoms with Gasteiger partial charge >= 0.3 is 0 Å². The van der Waals surface area contributed by atoms with Gasteiger partial charge in [0.15, 0.2) is 5.58 Å². The number of hydrogen-bond acceptors (Lipinski definition) is 1. The molecule has 0 aliphatic heterocycles. The van der Waals surface area contributed by atoms with Crippen LogP contribution in [-0.4, -0.2) is 4.98 Å². The van der Waals surface area contributed by atoms with Gasteiger partial charge in [-0.3, -0.25) is 0 Å². The van der Waals surface area contributed by atoms with Crippen molar-refractivity contribution >= 4 is 65.3 Å². The van der Waals surface area contributed by atoms with E-state index in [-0.39, 0.29) is 0 Å². The van der Waals surface area contributed by atoms with Crippen molar-refractivity contribution < 1.29 is 4.42 Å². The first-order valence-electron chi connectivity index (χ1n) is 11.6. The molecule has 0 saturated heterocycles. The van der Waals surface area contributed by atoms with E-state index in [4.69, 9.17) is 4.42 Å². The Morgan fingerprint density at radius 3 is 2.03 bits per heavy atom. The van der Waals surface area contributed by atoms with E-state index < -0.39 is 0 Å². The summed E-state index contributed by atoms with van der Waals surface area (Å²) >= 11 is 0. The van der Waals surface area contributed by atoms with Gasteiger partial charge in [-0.2, -0.15) is 0 Å². The van der Waals surface area contributed by atoms with E-state index in [1.165, 1.54) is 43.3 Å². The summed E-state index contributed by atoms with van der Waals surface area (Å²) in [6.45, 7) is 0. The molecule has 158 valence electrons. The smallest absolute Gasteiger partial charge is 0.160 e. The van der Waals surface area contributed by atoms with Crippen LogP contribution in [-0.2, 0) is 0 Å². The Bertz CT molecular complexity index is 2060. The summed E-state index contributed by atoms with van der Waals surface area (Å²) in [7, 11) is 0. The number of nitrogens with one attached hydrogen (secondary N) is 1. The number of hydrogen-bond donors (Lipinski definition) is 1. The van der Waals surface area contributed by atoms with Crippen LogP contribution >= 0.6 is 0 Å². The molecule has 0 aliphatic carbocycles. The van der Waals surface area contributed by atoms with Gasteiger partial charge in [0.1, 0.15) is 5.58 Å². The van der Waals surface area contributed by atoms with E-state index in [0.29, 0.717) is 0 Å². The molecule has 2 nitrogen and oxygen atoms in total. The predicted molar refractivity (Wildman–Crippen MR) is 144 cm³/mol. The second-order valence-corrected chi connectivity index (χ2v) is 9.01. The van der Waals surface area contributed by atoms with Gasteiger partial charge in [-0.1, -0.05) is 97.1 Å². The van der Waals surface area contributed by atoms with Crippen molar-refractivity contribution in [3.63, 3.8) is 0 Å². The van der Waals surface area contributed by atoms with Crippen molar-refractivity contribution in [2.75, 3.05) is 0 Å². The number of fused-ring (bicyclic) bond motifs is 12. The molecule has 0 bridgehead atoms. The minimum absolute atomic E-state index is 0.914. The van der Waals surface area contributed by atoms with Crippen molar-refractivity contribution in [1.29, 1.82) is 0 Å². The number of H-pyrrole nitrogens is 1. The Morgan fingerprint density at radius 1 is 0.471 bits per heavy atom. The highest BCUT2D eigenvalue weighted by Gasteiger charge is 2.20. The molecule has 2 heterocycles. The van der Waals surface area contributed by atoms with Gasteiger partial charge in [-0.15, -0.1) is 0 Å². The zero-order valence-electron chi connectivity index (χ0n) is 18.3. The van der Waals surface area contributed by atoms with Crippen molar-refractivity contribution in [1.82, 2.24) is 4.98 Å². The summed E-state index contributed by atoms with van der Waals surface area (Å²) in [6.07, 6.45) is 0. The molecular formula is C32H19NO. The quantitative estimate of drug-likeness (QED) is 0.275. The van der Waals surface area contributed by atoms with Crippen LogP contribution in [0.15, 0.2) is 114 Å². The molecule has 0 unspecified atom stereocenters. The maximum atomic E-state index is 6.65. The highest BCUT2D eigenvalue weighted by molar-refractivity contribution is 6.35. The van der Waals surface area contributed by atoms with Crippen LogP contribution in [0.4, 0.5) is 0 Å². The zero-order valence-corrected chi connectivity index (χ0v) is 18.3. The summed E-state index contributed by atoms with van der Waals surface area (Å²) in [4.78, 5) is 3.77. The third-order valence-corrected chi connectivity index (χ3v) is 7.19. The Labute approximate surface area is 195 Å².